The molecule has 4 rings (SSSR count). The topological polar surface area (TPSA) is 84.9 Å². The Labute approximate surface area is 155 Å². The lowest BCUT2D eigenvalue weighted by molar-refractivity contribution is -0.120. The van der Waals surface area contributed by atoms with Gasteiger partial charge >= 0.3 is 0 Å². The second-order valence-corrected chi connectivity index (χ2v) is 6.32. The van der Waals surface area contributed by atoms with Crippen molar-refractivity contribution in [3.05, 3.63) is 53.7 Å². The first kappa shape index (κ1) is 17.0. The molecule has 138 valence electrons. The van der Waals surface area contributed by atoms with Crippen LogP contribution in [0.4, 0.5) is 5.69 Å². The summed E-state index contributed by atoms with van der Waals surface area (Å²) in [6.45, 7) is 3.84. The van der Waals surface area contributed by atoms with Crippen molar-refractivity contribution >= 4 is 28.2 Å². The van der Waals surface area contributed by atoms with Gasteiger partial charge in [-0.15, -0.1) is 0 Å². The van der Waals surface area contributed by atoms with Crippen molar-refractivity contribution in [1.82, 2.24) is 4.98 Å². The SMILES string of the molecule is CC(=NOCC(=O)Nc1ccc2[nH]c(C)cc2c1)c1ccc2c(c1)OCO2. The summed E-state index contributed by atoms with van der Waals surface area (Å²) in [5.74, 6) is 1.11. The number of aromatic amines is 1. The standard InChI is InChI=1S/C20H19N3O4/c1-12-7-15-8-16(4-5-17(15)21-12)22-20(24)10-27-23-13(2)14-3-6-18-19(9-14)26-11-25-18/h3-9,21H,10-11H2,1-2H3,(H,22,24). The smallest absolute Gasteiger partial charge is 0.265 e. The van der Waals surface area contributed by atoms with Crippen LogP contribution < -0.4 is 14.8 Å². The summed E-state index contributed by atoms with van der Waals surface area (Å²) in [5, 5.41) is 7.86. The maximum Gasteiger partial charge on any atom is 0.265 e. The molecule has 2 N–H and O–H groups in total. The summed E-state index contributed by atoms with van der Waals surface area (Å²) in [4.78, 5) is 20.5. The molecule has 0 aliphatic carbocycles. The van der Waals surface area contributed by atoms with Crippen LogP contribution in [0.25, 0.3) is 10.9 Å². The highest BCUT2D eigenvalue weighted by molar-refractivity contribution is 5.99. The molecule has 0 fully saturated rings. The normalized spacial score (nSPS) is 13.0. The van der Waals surface area contributed by atoms with Crippen molar-refractivity contribution in [2.24, 2.45) is 5.16 Å². The summed E-state index contributed by atoms with van der Waals surface area (Å²) in [7, 11) is 0. The Kier molecular flexibility index (Phi) is 4.42. The molecule has 0 saturated heterocycles. The lowest BCUT2D eigenvalue weighted by Gasteiger charge is -2.06. The largest absolute Gasteiger partial charge is 0.454 e. The van der Waals surface area contributed by atoms with Crippen LogP contribution in [0.1, 0.15) is 18.2 Å². The number of H-pyrrole nitrogens is 1. The molecule has 0 saturated carbocycles. The van der Waals surface area contributed by atoms with Crippen LogP contribution in [0.5, 0.6) is 11.5 Å². The van der Waals surface area contributed by atoms with Crippen molar-refractivity contribution < 1.29 is 19.1 Å². The van der Waals surface area contributed by atoms with Gasteiger partial charge in [-0.3, -0.25) is 4.79 Å². The molecule has 7 nitrogen and oxygen atoms in total. The van der Waals surface area contributed by atoms with Gasteiger partial charge in [0, 0.05) is 27.8 Å². The van der Waals surface area contributed by atoms with Crippen LogP contribution in [0.15, 0.2) is 47.6 Å². The molecule has 2 aromatic carbocycles. The van der Waals surface area contributed by atoms with Gasteiger partial charge in [-0.1, -0.05) is 5.16 Å². The molecule has 2 heterocycles. The van der Waals surface area contributed by atoms with Crippen LogP contribution in [0, 0.1) is 6.92 Å². The molecule has 1 amide bonds. The van der Waals surface area contributed by atoms with Crippen LogP contribution in [-0.4, -0.2) is 30.0 Å². The molecular weight excluding hydrogens is 346 g/mol. The summed E-state index contributed by atoms with van der Waals surface area (Å²) in [6.07, 6.45) is 0. The lowest BCUT2D eigenvalue weighted by atomic mass is 10.1. The number of carbonyl (C=O) groups is 1. The van der Waals surface area contributed by atoms with E-state index in [9.17, 15) is 4.79 Å². The summed E-state index contributed by atoms with van der Waals surface area (Å²) < 4.78 is 10.6. The fourth-order valence-electron chi connectivity index (χ4n) is 2.91. The Bertz CT molecular complexity index is 1040. The van der Waals surface area contributed by atoms with Crippen molar-refractivity contribution in [1.29, 1.82) is 0 Å². The van der Waals surface area contributed by atoms with Gasteiger partial charge in [0.2, 0.25) is 6.79 Å². The van der Waals surface area contributed by atoms with E-state index in [-0.39, 0.29) is 19.3 Å². The number of nitrogens with one attached hydrogen (secondary N) is 2. The number of carbonyl (C=O) groups excluding carboxylic acids is 1. The predicted molar refractivity (Wildman–Crippen MR) is 102 cm³/mol. The number of amides is 1. The highest BCUT2D eigenvalue weighted by Crippen LogP contribution is 2.32. The van der Waals surface area contributed by atoms with Gasteiger partial charge in [0.15, 0.2) is 18.1 Å². The first-order valence-corrected chi connectivity index (χ1v) is 8.54. The van der Waals surface area contributed by atoms with E-state index in [1.54, 1.807) is 6.92 Å². The lowest BCUT2D eigenvalue weighted by Crippen LogP contribution is -2.17. The van der Waals surface area contributed by atoms with Crippen LogP contribution in [-0.2, 0) is 9.63 Å². The van der Waals surface area contributed by atoms with Gasteiger partial charge in [-0.2, -0.15) is 0 Å². The monoisotopic (exact) mass is 365 g/mol. The van der Waals surface area contributed by atoms with Gasteiger partial charge in [-0.05, 0) is 56.3 Å². The first-order chi connectivity index (χ1) is 13.1. The number of benzene rings is 2. The summed E-state index contributed by atoms with van der Waals surface area (Å²) in [5.41, 5.74) is 4.31. The number of nitrogens with zero attached hydrogens (tertiary/aromatic N) is 1. The zero-order valence-corrected chi connectivity index (χ0v) is 15.0. The molecule has 1 aromatic heterocycles. The average molecular weight is 365 g/mol. The third kappa shape index (κ3) is 3.72. The first-order valence-electron chi connectivity index (χ1n) is 8.54. The van der Waals surface area contributed by atoms with E-state index in [4.69, 9.17) is 14.3 Å². The molecule has 3 aromatic rings. The highest BCUT2D eigenvalue weighted by atomic mass is 16.7. The number of anilines is 1. The van der Waals surface area contributed by atoms with Gasteiger partial charge in [0.05, 0.1) is 5.71 Å². The van der Waals surface area contributed by atoms with E-state index in [2.05, 4.69) is 15.5 Å². The maximum absolute atomic E-state index is 12.1. The molecule has 0 radical (unpaired) electrons. The summed E-state index contributed by atoms with van der Waals surface area (Å²) >= 11 is 0. The Morgan fingerprint density at radius 1 is 1.19 bits per heavy atom. The molecule has 0 spiro atoms. The fraction of sp³-hybridized carbons (Fsp3) is 0.200. The van der Waals surface area contributed by atoms with E-state index in [1.807, 2.05) is 49.4 Å². The number of hydrogen-bond acceptors (Lipinski definition) is 5. The zero-order chi connectivity index (χ0) is 18.8. The zero-order valence-electron chi connectivity index (χ0n) is 15.0. The molecular formula is C20H19N3O4. The maximum atomic E-state index is 12.1. The van der Waals surface area contributed by atoms with Crippen molar-refractivity contribution in [2.75, 3.05) is 18.7 Å². The number of aryl methyl sites for hydroxylation is 1. The Morgan fingerprint density at radius 3 is 2.93 bits per heavy atom. The van der Waals surface area contributed by atoms with Gasteiger partial charge in [0.1, 0.15) is 0 Å². The van der Waals surface area contributed by atoms with Crippen LogP contribution in [0.2, 0.25) is 0 Å². The molecule has 1 aliphatic heterocycles. The van der Waals surface area contributed by atoms with E-state index in [1.165, 1.54) is 0 Å². The van der Waals surface area contributed by atoms with Crippen LogP contribution in [0.3, 0.4) is 0 Å². The molecule has 0 atom stereocenters. The number of rotatable bonds is 5. The number of fused-ring (bicyclic) bond motifs is 2. The van der Waals surface area contributed by atoms with Gasteiger partial charge < -0.3 is 24.6 Å². The molecule has 7 heteroatoms. The Morgan fingerprint density at radius 2 is 2.04 bits per heavy atom. The van der Waals surface area contributed by atoms with Gasteiger partial charge in [-0.25, -0.2) is 0 Å². The van der Waals surface area contributed by atoms with Crippen molar-refractivity contribution in [2.45, 2.75) is 13.8 Å². The second-order valence-electron chi connectivity index (χ2n) is 6.32. The van der Waals surface area contributed by atoms with E-state index in [0.717, 1.165) is 22.2 Å². The van der Waals surface area contributed by atoms with Crippen LogP contribution >= 0.6 is 0 Å². The Balaban J connectivity index is 1.34. The number of oxime groups is 1. The molecule has 1 aliphatic rings. The fourth-order valence-corrected chi connectivity index (χ4v) is 2.91. The minimum Gasteiger partial charge on any atom is -0.454 e. The quantitative estimate of drug-likeness (QED) is 0.535. The van der Waals surface area contributed by atoms with E-state index < -0.39 is 0 Å². The second kappa shape index (κ2) is 7.03. The van der Waals surface area contributed by atoms with E-state index in [0.29, 0.717) is 22.9 Å². The molecule has 27 heavy (non-hydrogen) atoms. The average Bonchev–Trinajstić information content (AvgIpc) is 3.25. The van der Waals surface area contributed by atoms with Crippen molar-refractivity contribution in [3.8, 4) is 11.5 Å². The van der Waals surface area contributed by atoms with E-state index >= 15 is 0 Å². The van der Waals surface area contributed by atoms with Gasteiger partial charge in [0.25, 0.3) is 5.91 Å². The minimum absolute atomic E-state index is 0.175. The predicted octanol–water partition coefficient (Wildman–Crippen LogP) is 3.58. The third-order valence-corrected chi connectivity index (χ3v) is 4.23. The highest BCUT2D eigenvalue weighted by Gasteiger charge is 2.14. The number of hydrogen-bond donors (Lipinski definition) is 2. The summed E-state index contributed by atoms with van der Waals surface area (Å²) in [6, 6.07) is 13.2. The molecule has 0 bridgehead atoms. The number of ether oxygens (including phenoxy) is 2. The number of aromatic nitrogens is 1. The third-order valence-electron chi connectivity index (χ3n) is 4.23. The van der Waals surface area contributed by atoms with Crippen molar-refractivity contribution in [3.63, 3.8) is 0 Å². The molecule has 0 unspecified atom stereocenters. The minimum atomic E-state index is -0.274. The Hall–Kier alpha value is -3.48.